The summed E-state index contributed by atoms with van der Waals surface area (Å²) in [5.41, 5.74) is 0.866. The van der Waals surface area contributed by atoms with Crippen LogP contribution < -0.4 is 10.6 Å². The number of rotatable bonds is 5. The van der Waals surface area contributed by atoms with Crippen LogP contribution in [0.15, 0.2) is 24.4 Å². The van der Waals surface area contributed by atoms with E-state index in [4.69, 9.17) is 0 Å². The van der Waals surface area contributed by atoms with Gasteiger partial charge in [-0.2, -0.15) is 0 Å². The van der Waals surface area contributed by atoms with Crippen LogP contribution in [0.1, 0.15) is 32.4 Å². The molecule has 0 bridgehead atoms. The van der Waals surface area contributed by atoms with Gasteiger partial charge in [0.1, 0.15) is 0 Å². The maximum absolute atomic E-state index is 11.8. The zero-order valence-corrected chi connectivity index (χ0v) is 13.0. The smallest absolute Gasteiger partial charge is 0.315 e. The highest BCUT2D eigenvalue weighted by atomic mass is 16.2. The Morgan fingerprint density at radius 3 is 2.81 bits per heavy atom. The Morgan fingerprint density at radius 2 is 2.14 bits per heavy atom. The average Bonchev–Trinajstić information content (AvgIpc) is 2.52. The molecule has 5 heteroatoms. The second-order valence-electron chi connectivity index (χ2n) is 5.95. The monoisotopic (exact) mass is 290 g/mol. The number of pyridine rings is 1. The SMILES string of the molecule is CC1CCN(C(C)CNC(=O)NCc2ccccn2)CC1. The molecule has 1 aliphatic rings. The lowest BCUT2D eigenvalue weighted by molar-refractivity contribution is 0.145. The number of hydrogen-bond acceptors (Lipinski definition) is 3. The Labute approximate surface area is 127 Å². The second kappa shape index (κ2) is 7.98. The van der Waals surface area contributed by atoms with E-state index in [1.54, 1.807) is 6.20 Å². The van der Waals surface area contributed by atoms with Crippen LogP contribution in [-0.4, -0.2) is 41.6 Å². The number of amides is 2. The number of nitrogens with one attached hydrogen (secondary N) is 2. The van der Waals surface area contributed by atoms with Crippen LogP contribution >= 0.6 is 0 Å². The number of likely N-dealkylation sites (tertiary alicyclic amines) is 1. The Morgan fingerprint density at radius 1 is 1.38 bits per heavy atom. The lowest BCUT2D eigenvalue weighted by Crippen LogP contribution is -2.47. The highest BCUT2D eigenvalue weighted by Gasteiger charge is 2.20. The number of nitrogens with zero attached hydrogens (tertiary/aromatic N) is 2. The molecule has 2 heterocycles. The largest absolute Gasteiger partial charge is 0.337 e. The van der Waals surface area contributed by atoms with Crippen molar-refractivity contribution in [3.8, 4) is 0 Å². The van der Waals surface area contributed by atoms with Gasteiger partial charge in [-0.25, -0.2) is 4.79 Å². The highest BCUT2D eigenvalue weighted by Crippen LogP contribution is 2.17. The molecule has 1 saturated heterocycles. The summed E-state index contributed by atoms with van der Waals surface area (Å²) in [6.07, 6.45) is 4.25. The first-order valence-electron chi connectivity index (χ1n) is 7.81. The van der Waals surface area contributed by atoms with Gasteiger partial charge in [0.15, 0.2) is 0 Å². The molecular weight excluding hydrogens is 264 g/mol. The maximum Gasteiger partial charge on any atom is 0.315 e. The summed E-state index contributed by atoms with van der Waals surface area (Å²) in [5, 5.41) is 5.77. The minimum Gasteiger partial charge on any atom is -0.337 e. The molecule has 0 radical (unpaired) electrons. The molecule has 0 saturated carbocycles. The fourth-order valence-electron chi connectivity index (χ4n) is 2.57. The van der Waals surface area contributed by atoms with Crippen LogP contribution in [0, 0.1) is 5.92 Å². The number of piperidine rings is 1. The van der Waals surface area contributed by atoms with Gasteiger partial charge in [-0.15, -0.1) is 0 Å². The molecule has 2 amide bonds. The van der Waals surface area contributed by atoms with Crippen molar-refractivity contribution in [3.05, 3.63) is 30.1 Å². The highest BCUT2D eigenvalue weighted by molar-refractivity contribution is 5.73. The number of carbonyl (C=O) groups is 1. The lowest BCUT2D eigenvalue weighted by atomic mass is 9.98. The Hall–Kier alpha value is -1.62. The van der Waals surface area contributed by atoms with Gasteiger partial charge in [-0.1, -0.05) is 13.0 Å². The molecule has 1 unspecified atom stereocenters. The second-order valence-corrected chi connectivity index (χ2v) is 5.95. The fraction of sp³-hybridized carbons (Fsp3) is 0.625. The van der Waals surface area contributed by atoms with Crippen LogP contribution in [-0.2, 0) is 6.54 Å². The number of urea groups is 1. The molecule has 2 rings (SSSR count). The van der Waals surface area contributed by atoms with Crippen molar-refractivity contribution >= 4 is 6.03 Å². The number of hydrogen-bond donors (Lipinski definition) is 2. The van der Waals surface area contributed by atoms with Crippen LogP contribution in [0.25, 0.3) is 0 Å². The topological polar surface area (TPSA) is 57.3 Å². The van der Waals surface area contributed by atoms with Crippen LogP contribution in [0.4, 0.5) is 4.79 Å². The summed E-state index contributed by atoms with van der Waals surface area (Å²) in [7, 11) is 0. The summed E-state index contributed by atoms with van der Waals surface area (Å²) in [6.45, 7) is 7.91. The van der Waals surface area contributed by atoms with Gasteiger partial charge in [-0.3, -0.25) is 9.88 Å². The van der Waals surface area contributed by atoms with Gasteiger partial charge in [-0.05, 0) is 50.9 Å². The minimum absolute atomic E-state index is 0.127. The van der Waals surface area contributed by atoms with Crippen molar-refractivity contribution in [3.63, 3.8) is 0 Å². The molecule has 0 spiro atoms. The van der Waals surface area contributed by atoms with Gasteiger partial charge in [0.05, 0.1) is 12.2 Å². The van der Waals surface area contributed by atoms with Crippen LogP contribution in [0.5, 0.6) is 0 Å². The van der Waals surface area contributed by atoms with Crippen molar-refractivity contribution < 1.29 is 4.79 Å². The molecule has 1 aliphatic heterocycles. The minimum atomic E-state index is -0.127. The van der Waals surface area contributed by atoms with Crippen LogP contribution in [0.3, 0.4) is 0 Å². The third kappa shape index (κ3) is 5.34. The van der Waals surface area contributed by atoms with E-state index in [9.17, 15) is 4.79 Å². The molecule has 2 N–H and O–H groups in total. The van der Waals surface area contributed by atoms with E-state index in [2.05, 4.69) is 34.4 Å². The molecule has 5 nitrogen and oxygen atoms in total. The zero-order valence-electron chi connectivity index (χ0n) is 13.0. The van der Waals surface area contributed by atoms with Crippen molar-refractivity contribution in [2.24, 2.45) is 5.92 Å². The Balaban J connectivity index is 1.64. The summed E-state index contributed by atoms with van der Waals surface area (Å²) >= 11 is 0. The van der Waals surface area contributed by atoms with Gasteiger partial charge in [0.2, 0.25) is 0 Å². The van der Waals surface area contributed by atoms with Gasteiger partial charge in [0.25, 0.3) is 0 Å². The van der Waals surface area contributed by atoms with Crippen molar-refractivity contribution in [2.45, 2.75) is 39.3 Å². The summed E-state index contributed by atoms with van der Waals surface area (Å²) in [5.74, 6) is 0.836. The Kier molecular flexibility index (Phi) is 5.99. The molecule has 1 atom stereocenters. The van der Waals surface area contributed by atoms with E-state index < -0.39 is 0 Å². The molecule has 1 aromatic rings. The fourth-order valence-corrected chi connectivity index (χ4v) is 2.57. The standard InChI is InChI=1S/C16H26N4O/c1-13-6-9-20(10-7-13)14(2)11-18-16(21)19-12-15-5-3-4-8-17-15/h3-5,8,13-14H,6-7,9-12H2,1-2H3,(H2,18,19,21). The normalized spacial score (nSPS) is 18.2. The third-order valence-electron chi connectivity index (χ3n) is 4.16. The van der Waals surface area contributed by atoms with E-state index in [1.807, 2.05) is 18.2 Å². The van der Waals surface area contributed by atoms with E-state index in [1.165, 1.54) is 12.8 Å². The van der Waals surface area contributed by atoms with E-state index >= 15 is 0 Å². The molecule has 0 aromatic carbocycles. The first kappa shape index (κ1) is 15.8. The number of aromatic nitrogens is 1. The molecular formula is C16H26N4O. The van der Waals surface area contributed by atoms with Crippen molar-refractivity contribution in [2.75, 3.05) is 19.6 Å². The maximum atomic E-state index is 11.8. The van der Waals surface area contributed by atoms with E-state index in [-0.39, 0.29) is 6.03 Å². The lowest BCUT2D eigenvalue weighted by Gasteiger charge is -2.34. The molecule has 21 heavy (non-hydrogen) atoms. The first-order valence-corrected chi connectivity index (χ1v) is 7.81. The van der Waals surface area contributed by atoms with Crippen molar-refractivity contribution in [1.82, 2.24) is 20.5 Å². The summed E-state index contributed by atoms with van der Waals surface area (Å²) in [6, 6.07) is 5.94. The zero-order chi connectivity index (χ0) is 15.1. The Bertz CT molecular complexity index is 429. The number of carbonyl (C=O) groups excluding carboxylic acids is 1. The predicted molar refractivity (Wildman–Crippen MR) is 83.9 cm³/mol. The quantitative estimate of drug-likeness (QED) is 0.872. The first-order chi connectivity index (χ1) is 10.1. The van der Waals surface area contributed by atoms with Crippen molar-refractivity contribution in [1.29, 1.82) is 0 Å². The van der Waals surface area contributed by atoms with Gasteiger partial charge in [0, 0.05) is 18.8 Å². The summed E-state index contributed by atoms with van der Waals surface area (Å²) in [4.78, 5) is 18.4. The molecule has 1 aromatic heterocycles. The van der Waals surface area contributed by atoms with Gasteiger partial charge < -0.3 is 10.6 Å². The van der Waals surface area contributed by atoms with E-state index in [0.29, 0.717) is 19.1 Å². The van der Waals surface area contributed by atoms with Gasteiger partial charge >= 0.3 is 6.03 Å². The predicted octanol–water partition coefficient (Wildman–Crippen LogP) is 2.00. The van der Waals surface area contributed by atoms with E-state index in [0.717, 1.165) is 24.7 Å². The molecule has 0 aliphatic carbocycles. The average molecular weight is 290 g/mol. The third-order valence-corrected chi connectivity index (χ3v) is 4.16. The molecule has 1 fully saturated rings. The molecule has 116 valence electrons. The van der Waals surface area contributed by atoms with Crippen LogP contribution in [0.2, 0.25) is 0 Å². The summed E-state index contributed by atoms with van der Waals surface area (Å²) < 4.78 is 0.